The zero-order chi connectivity index (χ0) is 18.9. The number of aliphatic hydroxyl groups excluding tert-OH is 2. The fraction of sp³-hybridized carbons (Fsp3) is 0.632. The largest absolute Gasteiger partial charge is 0.394 e. The lowest BCUT2D eigenvalue weighted by molar-refractivity contribution is -0.213. The number of aryl methyl sites for hydroxylation is 1. The molecule has 27 heavy (non-hydrogen) atoms. The van der Waals surface area contributed by atoms with Crippen LogP contribution in [-0.4, -0.2) is 74.5 Å². The van der Waals surface area contributed by atoms with Crippen molar-refractivity contribution in [1.82, 2.24) is 19.9 Å². The van der Waals surface area contributed by atoms with Crippen molar-refractivity contribution < 1.29 is 19.7 Å². The van der Waals surface area contributed by atoms with E-state index < -0.39 is 0 Å². The van der Waals surface area contributed by atoms with Gasteiger partial charge in [-0.2, -0.15) is 0 Å². The molecule has 1 amide bonds. The van der Waals surface area contributed by atoms with Crippen molar-refractivity contribution in [3.63, 3.8) is 0 Å². The molecule has 2 heterocycles. The molecule has 1 aliphatic carbocycles. The Morgan fingerprint density at radius 1 is 1.30 bits per heavy atom. The van der Waals surface area contributed by atoms with Crippen LogP contribution in [0.15, 0.2) is 24.3 Å². The van der Waals surface area contributed by atoms with Crippen molar-refractivity contribution in [2.45, 2.75) is 44.4 Å². The first-order valence-corrected chi connectivity index (χ1v) is 9.60. The molecular weight excluding hydrogens is 348 g/mol. The molecule has 1 aromatic carbocycles. The van der Waals surface area contributed by atoms with Gasteiger partial charge >= 0.3 is 0 Å². The highest BCUT2D eigenvalue weighted by Crippen LogP contribution is 2.50. The Bertz CT molecular complexity index is 800. The number of carbonyl (C=O) groups excluding carboxylic acids is 1. The number of aromatic nitrogens is 3. The highest BCUT2D eigenvalue weighted by Gasteiger charge is 2.56. The Kier molecular flexibility index (Phi) is 5.12. The normalized spacial score (nSPS) is 24.3. The molecule has 2 aliphatic rings. The number of hydrogen-bond donors (Lipinski definition) is 2. The summed E-state index contributed by atoms with van der Waals surface area (Å²) >= 11 is 0. The van der Waals surface area contributed by atoms with E-state index in [1.807, 2.05) is 29.2 Å². The maximum absolute atomic E-state index is 12.6. The average molecular weight is 374 g/mol. The number of piperidine rings is 1. The van der Waals surface area contributed by atoms with Crippen LogP contribution in [0.3, 0.4) is 0 Å². The summed E-state index contributed by atoms with van der Waals surface area (Å²) in [5, 5.41) is 27.5. The molecule has 0 bridgehead atoms. The first-order chi connectivity index (χ1) is 13.1. The molecular formula is C19H26N4O4. The average Bonchev–Trinajstić information content (AvgIpc) is 3.12. The zero-order valence-corrected chi connectivity index (χ0v) is 15.3. The molecule has 0 radical (unpaired) electrons. The van der Waals surface area contributed by atoms with E-state index in [2.05, 4.69) is 10.3 Å². The minimum absolute atomic E-state index is 0.00967. The van der Waals surface area contributed by atoms with Gasteiger partial charge in [0.15, 0.2) is 0 Å². The lowest BCUT2D eigenvalue weighted by atomic mass is 9.58. The molecule has 2 atom stereocenters. The molecule has 1 aliphatic heterocycles. The van der Waals surface area contributed by atoms with Crippen LogP contribution in [0.4, 0.5) is 0 Å². The van der Waals surface area contributed by atoms with Gasteiger partial charge in [0, 0.05) is 31.3 Å². The fourth-order valence-corrected chi connectivity index (χ4v) is 4.43. The summed E-state index contributed by atoms with van der Waals surface area (Å²) in [6.07, 6.45) is 2.09. The Balaban J connectivity index is 1.31. The van der Waals surface area contributed by atoms with Crippen LogP contribution in [0, 0.1) is 5.41 Å². The van der Waals surface area contributed by atoms with Crippen LogP contribution in [-0.2, 0) is 16.1 Å². The molecule has 1 aromatic heterocycles. The molecule has 4 rings (SSSR count). The lowest BCUT2D eigenvalue weighted by Crippen LogP contribution is -2.62. The van der Waals surface area contributed by atoms with Crippen molar-refractivity contribution in [2.24, 2.45) is 5.41 Å². The second kappa shape index (κ2) is 7.53. The van der Waals surface area contributed by atoms with Gasteiger partial charge in [0.2, 0.25) is 5.91 Å². The summed E-state index contributed by atoms with van der Waals surface area (Å²) in [6.45, 7) is 2.06. The van der Waals surface area contributed by atoms with Gasteiger partial charge in [-0.25, -0.2) is 4.68 Å². The van der Waals surface area contributed by atoms with Crippen LogP contribution in [0.2, 0.25) is 0 Å². The third-order valence-corrected chi connectivity index (χ3v) is 6.16. The van der Waals surface area contributed by atoms with E-state index in [0.29, 0.717) is 39.1 Å². The second-order valence-electron chi connectivity index (χ2n) is 7.50. The monoisotopic (exact) mass is 374 g/mol. The molecule has 1 saturated heterocycles. The number of fused-ring (bicyclic) bond motifs is 1. The van der Waals surface area contributed by atoms with E-state index in [9.17, 15) is 9.90 Å². The van der Waals surface area contributed by atoms with Crippen molar-refractivity contribution in [1.29, 1.82) is 0 Å². The number of aliphatic hydroxyl groups is 2. The summed E-state index contributed by atoms with van der Waals surface area (Å²) in [7, 11) is 0. The molecule has 1 spiro atoms. The van der Waals surface area contributed by atoms with Gasteiger partial charge in [0.1, 0.15) is 5.52 Å². The minimum atomic E-state index is -0.375. The van der Waals surface area contributed by atoms with Crippen molar-refractivity contribution in [2.75, 3.05) is 26.3 Å². The fourth-order valence-electron chi connectivity index (χ4n) is 4.43. The number of benzene rings is 1. The first-order valence-electron chi connectivity index (χ1n) is 9.60. The Morgan fingerprint density at radius 3 is 2.81 bits per heavy atom. The zero-order valence-electron chi connectivity index (χ0n) is 15.3. The number of amides is 1. The summed E-state index contributed by atoms with van der Waals surface area (Å²) in [4.78, 5) is 14.5. The smallest absolute Gasteiger partial charge is 0.224 e. The minimum Gasteiger partial charge on any atom is -0.394 e. The van der Waals surface area contributed by atoms with Gasteiger partial charge in [-0.05, 0) is 25.0 Å². The topological polar surface area (TPSA) is 101 Å². The van der Waals surface area contributed by atoms with Crippen LogP contribution in [0.5, 0.6) is 0 Å². The molecule has 0 unspecified atom stereocenters. The molecule has 2 fully saturated rings. The number of nitrogens with zero attached hydrogens (tertiary/aromatic N) is 4. The first kappa shape index (κ1) is 18.3. The van der Waals surface area contributed by atoms with Crippen LogP contribution in [0.25, 0.3) is 11.0 Å². The highest BCUT2D eigenvalue weighted by molar-refractivity contribution is 5.77. The van der Waals surface area contributed by atoms with Gasteiger partial charge in [0.05, 0.1) is 37.5 Å². The van der Waals surface area contributed by atoms with Gasteiger partial charge < -0.3 is 19.8 Å². The van der Waals surface area contributed by atoms with E-state index in [4.69, 9.17) is 9.84 Å². The van der Waals surface area contributed by atoms with Crippen molar-refractivity contribution in [3.05, 3.63) is 24.3 Å². The third-order valence-electron chi connectivity index (χ3n) is 6.16. The lowest BCUT2D eigenvalue weighted by Gasteiger charge is -2.56. The van der Waals surface area contributed by atoms with Gasteiger partial charge in [-0.1, -0.05) is 17.3 Å². The number of carbonyl (C=O) groups is 1. The van der Waals surface area contributed by atoms with Crippen LogP contribution >= 0.6 is 0 Å². The molecule has 2 N–H and O–H groups in total. The number of rotatable bonds is 6. The summed E-state index contributed by atoms with van der Waals surface area (Å²) in [5.74, 6) is 0.103. The summed E-state index contributed by atoms with van der Waals surface area (Å²) in [6, 6.07) is 7.72. The molecule has 8 nitrogen and oxygen atoms in total. The quantitative estimate of drug-likeness (QED) is 0.767. The van der Waals surface area contributed by atoms with Gasteiger partial charge in [-0.3, -0.25) is 4.79 Å². The van der Waals surface area contributed by atoms with Crippen LogP contribution in [0.1, 0.15) is 25.7 Å². The van der Waals surface area contributed by atoms with E-state index in [1.54, 1.807) is 4.68 Å². The highest BCUT2D eigenvalue weighted by atomic mass is 16.5. The Morgan fingerprint density at radius 2 is 2.07 bits per heavy atom. The van der Waals surface area contributed by atoms with E-state index in [1.165, 1.54) is 0 Å². The molecule has 146 valence electrons. The predicted molar refractivity (Wildman–Crippen MR) is 97.8 cm³/mol. The maximum atomic E-state index is 12.6. The maximum Gasteiger partial charge on any atom is 0.224 e. The van der Waals surface area contributed by atoms with E-state index in [0.717, 1.165) is 23.9 Å². The van der Waals surface area contributed by atoms with E-state index >= 15 is 0 Å². The number of para-hydroxylation sites is 1. The van der Waals surface area contributed by atoms with Crippen molar-refractivity contribution in [3.8, 4) is 0 Å². The number of hydrogen-bond acceptors (Lipinski definition) is 6. The Hall–Kier alpha value is -2.03. The summed E-state index contributed by atoms with van der Waals surface area (Å²) in [5.41, 5.74) is 1.51. The molecule has 2 aromatic rings. The summed E-state index contributed by atoms with van der Waals surface area (Å²) < 4.78 is 7.46. The van der Waals surface area contributed by atoms with E-state index in [-0.39, 0.29) is 30.1 Å². The van der Waals surface area contributed by atoms with Gasteiger partial charge in [0.25, 0.3) is 0 Å². The Labute approximate surface area is 157 Å². The SMILES string of the molecule is O=C(CCn1nnc2ccccc21)N1CCC2(CC1)[C@H](O)C[C@@H]2OCCO. The third kappa shape index (κ3) is 3.33. The number of ether oxygens (including phenoxy) is 1. The number of likely N-dealkylation sites (tertiary alicyclic amines) is 1. The van der Waals surface area contributed by atoms with Crippen LogP contribution < -0.4 is 0 Å². The molecule has 8 heteroatoms. The second-order valence-corrected chi connectivity index (χ2v) is 7.50. The predicted octanol–water partition coefficient (Wildman–Crippen LogP) is 0.572. The molecule has 1 saturated carbocycles. The van der Waals surface area contributed by atoms with Crippen molar-refractivity contribution >= 4 is 16.9 Å². The standard InChI is InChI=1S/C19H26N4O4/c24-11-12-27-17-13-16(25)19(17)6-9-22(10-7-19)18(26)5-8-23-15-4-2-1-3-14(15)20-21-23/h1-4,16-17,24-25H,5-13H2/t16-,17+/m1/s1. The van der Waals surface area contributed by atoms with Gasteiger partial charge in [-0.15, -0.1) is 5.10 Å².